The van der Waals surface area contributed by atoms with Gasteiger partial charge in [0.25, 0.3) is 0 Å². The summed E-state index contributed by atoms with van der Waals surface area (Å²) in [4.78, 5) is 0. The largest absolute Gasteiger partial charge is 0.360 e. The summed E-state index contributed by atoms with van der Waals surface area (Å²) in [5.74, 6) is 0. The second-order valence-corrected chi connectivity index (χ2v) is 6.56. The van der Waals surface area contributed by atoms with Gasteiger partial charge in [0.1, 0.15) is 12.5 Å². The van der Waals surface area contributed by atoms with Crippen molar-refractivity contribution in [1.82, 2.24) is 20.0 Å². The lowest BCUT2D eigenvalue weighted by Crippen LogP contribution is -2.81. The molecule has 112 valence electrons. The number of rotatable bonds is 0. The Kier molecular flexibility index (Phi) is 2.85. The van der Waals surface area contributed by atoms with E-state index in [4.69, 9.17) is 9.47 Å². The number of fused-ring (bicyclic) bond motifs is 2. The molecule has 6 nitrogen and oxygen atoms in total. The fourth-order valence-corrected chi connectivity index (χ4v) is 4.83. The van der Waals surface area contributed by atoms with Crippen molar-refractivity contribution in [3.8, 4) is 0 Å². The Morgan fingerprint density at radius 2 is 1.15 bits per heavy atom. The standard InChI is InChI=1S/C14H24N4O2/c1-3-11-15-7-10-20-14-6-2-4-12(18(14)15)16-8-9-19-13(5-1)17(11)16/h11-14H,1-10H2/t11-,12-,13-,14+/m0/s1. The summed E-state index contributed by atoms with van der Waals surface area (Å²) in [6.45, 7) is 3.83. The molecule has 20 heavy (non-hydrogen) atoms. The zero-order chi connectivity index (χ0) is 13.1. The molecule has 0 unspecified atom stereocenters. The summed E-state index contributed by atoms with van der Waals surface area (Å²) in [5, 5.41) is 10.4. The Hall–Kier alpha value is -0.240. The molecule has 0 aromatic heterocycles. The summed E-state index contributed by atoms with van der Waals surface area (Å²) in [5.41, 5.74) is 0. The van der Waals surface area contributed by atoms with Crippen LogP contribution in [0.15, 0.2) is 0 Å². The molecule has 0 saturated carbocycles. The molecule has 0 radical (unpaired) electrons. The molecule has 0 aliphatic carbocycles. The van der Waals surface area contributed by atoms with E-state index < -0.39 is 0 Å². The third-order valence-electron chi connectivity index (χ3n) is 5.57. The molecule has 0 bridgehead atoms. The van der Waals surface area contributed by atoms with Crippen molar-refractivity contribution in [2.75, 3.05) is 26.3 Å². The molecule has 5 aliphatic heterocycles. The van der Waals surface area contributed by atoms with Gasteiger partial charge in [-0.25, -0.2) is 10.0 Å². The molecule has 0 aromatic carbocycles. The summed E-state index contributed by atoms with van der Waals surface area (Å²) in [7, 11) is 0. The fraction of sp³-hybridized carbons (Fsp3) is 1.00. The number of hydrogen-bond acceptors (Lipinski definition) is 6. The van der Waals surface area contributed by atoms with Crippen molar-refractivity contribution in [1.29, 1.82) is 0 Å². The van der Waals surface area contributed by atoms with Gasteiger partial charge in [0, 0.05) is 13.1 Å². The van der Waals surface area contributed by atoms with E-state index in [0.717, 1.165) is 26.3 Å². The molecule has 0 aromatic rings. The van der Waals surface area contributed by atoms with Crippen LogP contribution in [0.4, 0.5) is 0 Å². The quantitative estimate of drug-likeness (QED) is 0.651. The van der Waals surface area contributed by atoms with Gasteiger partial charge in [-0.1, -0.05) is 0 Å². The van der Waals surface area contributed by atoms with E-state index in [2.05, 4.69) is 20.0 Å². The van der Waals surface area contributed by atoms with Crippen LogP contribution in [0.1, 0.15) is 38.5 Å². The summed E-state index contributed by atoms with van der Waals surface area (Å²) in [6, 6.07) is 0. The average molecular weight is 280 g/mol. The van der Waals surface area contributed by atoms with Crippen LogP contribution in [0.2, 0.25) is 0 Å². The number of piperidine rings is 2. The third-order valence-corrected chi connectivity index (χ3v) is 5.57. The maximum atomic E-state index is 6.04. The molecule has 0 N–H and O–H groups in total. The molecular formula is C14H24N4O2. The van der Waals surface area contributed by atoms with Crippen molar-refractivity contribution in [3.05, 3.63) is 0 Å². The van der Waals surface area contributed by atoms with Gasteiger partial charge in [-0.15, -0.1) is 0 Å². The Labute approximate surface area is 120 Å². The maximum absolute atomic E-state index is 6.04. The van der Waals surface area contributed by atoms with Gasteiger partial charge in [-0.3, -0.25) is 0 Å². The van der Waals surface area contributed by atoms with Gasteiger partial charge in [-0.05, 0) is 38.5 Å². The molecule has 5 heterocycles. The maximum Gasteiger partial charge on any atom is 0.125 e. The first-order valence-corrected chi connectivity index (χ1v) is 8.26. The second-order valence-electron chi connectivity index (χ2n) is 6.56. The van der Waals surface area contributed by atoms with E-state index in [1.54, 1.807) is 0 Å². The molecule has 5 fully saturated rings. The summed E-state index contributed by atoms with van der Waals surface area (Å²) < 4.78 is 12.1. The first-order chi connectivity index (χ1) is 9.93. The van der Waals surface area contributed by atoms with Crippen LogP contribution in [0.25, 0.3) is 0 Å². The summed E-state index contributed by atoms with van der Waals surface area (Å²) in [6.07, 6.45) is 9.06. The Morgan fingerprint density at radius 3 is 1.65 bits per heavy atom. The minimum absolute atomic E-state index is 0.313. The molecule has 5 rings (SSSR count). The topological polar surface area (TPSA) is 31.4 Å². The molecule has 0 amide bonds. The predicted molar refractivity (Wildman–Crippen MR) is 71.8 cm³/mol. The molecule has 6 heteroatoms. The minimum atomic E-state index is 0.313. The van der Waals surface area contributed by atoms with Gasteiger partial charge >= 0.3 is 0 Å². The number of ether oxygens (including phenoxy) is 2. The summed E-state index contributed by atoms with van der Waals surface area (Å²) >= 11 is 0. The van der Waals surface area contributed by atoms with Crippen LogP contribution in [-0.2, 0) is 9.47 Å². The van der Waals surface area contributed by atoms with Crippen LogP contribution in [-0.4, -0.2) is 71.1 Å². The Bertz CT molecular complexity index is 327. The zero-order valence-corrected chi connectivity index (χ0v) is 12.0. The normalized spacial score (nSPS) is 46.8. The van der Waals surface area contributed by atoms with Crippen LogP contribution in [0, 0.1) is 0 Å². The van der Waals surface area contributed by atoms with E-state index in [9.17, 15) is 0 Å². The monoisotopic (exact) mass is 280 g/mol. The smallest absolute Gasteiger partial charge is 0.125 e. The average Bonchev–Trinajstić information content (AvgIpc) is 2.52. The number of hydrazine groups is 2. The van der Waals surface area contributed by atoms with E-state index in [1.165, 1.54) is 38.5 Å². The van der Waals surface area contributed by atoms with Crippen LogP contribution >= 0.6 is 0 Å². The second kappa shape index (κ2) is 4.63. The number of hydrogen-bond donors (Lipinski definition) is 0. The van der Waals surface area contributed by atoms with Gasteiger partial charge in [-0.2, -0.15) is 10.0 Å². The van der Waals surface area contributed by atoms with Crippen molar-refractivity contribution in [3.63, 3.8) is 0 Å². The van der Waals surface area contributed by atoms with Gasteiger partial charge in [0.05, 0.1) is 25.5 Å². The highest BCUT2D eigenvalue weighted by Gasteiger charge is 2.54. The van der Waals surface area contributed by atoms with E-state index in [-0.39, 0.29) is 0 Å². The predicted octanol–water partition coefficient (Wildman–Crippen LogP) is 0.771. The van der Waals surface area contributed by atoms with E-state index in [0.29, 0.717) is 24.8 Å². The van der Waals surface area contributed by atoms with Crippen LogP contribution < -0.4 is 0 Å². The van der Waals surface area contributed by atoms with Crippen LogP contribution in [0.5, 0.6) is 0 Å². The SMILES string of the molecule is C1C[C@@H]2OCCN3[C@@H]4CCC[C@H]5OCCN([C@H](C1)N23)N54. The van der Waals surface area contributed by atoms with E-state index >= 15 is 0 Å². The van der Waals surface area contributed by atoms with Crippen molar-refractivity contribution >= 4 is 0 Å². The van der Waals surface area contributed by atoms with Crippen molar-refractivity contribution < 1.29 is 9.47 Å². The fourth-order valence-electron chi connectivity index (χ4n) is 4.83. The first kappa shape index (κ1) is 12.3. The highest BCUT2D eigenvalue weighted by Crippen LogP contribution is 2.42. The molecular weight excluding hydrogens is 256 g/mol. The molecule has 0 spiro atoms. The number of nitrogens with zero attached hydrogens (tertiary/aromatic N) is 4. The van der Waals surface area contributed by atoms with Gasteiger partial charge in [0.2, 0.25) is 0 Å². The van der Waals surface area contributed by atoms with Crippen molar-refractivity contribution in [2.45, 2.75) is 63.3 Å². The highest BCUT2D eigenvalue weighted by molar-refractivity contribution is 4.93. The lowest BCUT2D eigenvalue weighted by atomic mass is 10.0. The lowest BCUT2D eigenvalue weighted by Gasteiger charge is -2.66. The van der Waals surface area contributed by atoms with Crippen molar-refractivity contribution in [2.24, 2.45) is 0 Å². The minimum Gasteiger partial charge on any atom is -0.360 e. The first-order valence-electron chi connectivity index (χ1n) is 8.26. The molecule has 5 saturated heterocycles. The van der Waals surface area contributed by atoms with E-state index in [1.807, 2.05) is 0 Å². The van der Waals surface area contributed by atoms with Crippen LogP contribution in [0.3, 0.4) is 0 Å². The zero-order valence-electron chi connectivity index (χ0n) is 12.0. The highest BCUT2D eigenvalue weighted by atomic mass is 16.5. The molecule has 4 atom stereocenters. The van der Waals surface area contributed by atoms with Gasteiger partial charge < -0.3 is 9.47 Å². The third kappa shape index (κ3) is 1.60. The van der Waals surface area contributed by atoms with Gasteiger partial charge in [0.15, 0.2) is 0 Å². The lowest BCUT2D eigenvalue weighted by molar-refractivity contribution is -0.413. The Morgan fingerprint density at radius 1 is 0.650 bits per heavy atom. The molecule has 5 aliphatic rings. The Balaban J connectivity index is 1.55.